The lowest BCUT2D eigenvalue weighted by Crippen LogP contribution is -2.14. The van der Waals surface area contributed by atoms with Crippen molar-refractivity contribution in [2.24, 2.45) is 5.73 Å². The van der Waals surface area contributed by atoms with Gasteiger partial charge in [0.05, 0.1) is 17.6 Å². The molecule has 1 aromatic heterocycles. The second-order valence-electron chi connectivity index (χ2n) is 4.27. The van der Waals surface area contributed by atoms with Gasteiger partial charge in [-0.2, -0.15) is 0 Å². The smallest absolute Gasteiger partial charge is 0.341 e. The zero-order valence-electron chi connectivity index (χ0n) is 11.7. The zero-order valence-corrected chi connectivity index (χ0v) is 12.6. The van der Waals surface area contributed by atoms with Gasteiger partial charge in [-0.1, -0.05) is 13.3 Å². The summed E-state index contributed by atoms with van der Waals surface area (Å²) in [4.78, 5) is 35.1. The van der Waals surface area contributed by atoms with Gasteiger partial charge in [0.15, 0.2) is 0 Å². The van der Waals surface area contributed by atoms with E-state index in [2.05, 4.69) is 10.1 Å². The maximum absolute atomic E-state index is 11.8. The normalized spacial score (nSPS) is 10.2. The highest BCUT2D eigenvalue weighted by molar-refractivity contribution is 7.18. The first-order chi connectivity index (χ1) is 9.42. The fourth-order valence-electron chi connectivity index (χ4n) is 1.71. The molecule has 7 heteroatoms. The number of thiophene rings is 1. The van der Waals surface area contributed by atoms with Crippen LogP contribution in [0.25, 0.3) is 0 Å². The highest BCUT2D eigenvalue weighted by Gasteiger charge is 2.25. The quantitative estimate of drug-likeness (QED) is 0.785. The predicted molar refractivity (Wildman–Crippen MR) is 77.1 cm³/mol. The van der Waals surface area contributed by atoms with Crippen molar-refractivity contribution >= 4 is 34.1 Å². The van der Waals surface area contributed by atoms with E-state index in [9.17, 15) is 14.4 Å². The Hall–Kier alpha value is -1.89. The van der Waals surface area contributed by atoms with E-state index in [0.29, 0.717) is 17.0 Å². The summed E-state index contributed by atoms with van der Waals surface area (Å²) in [7, 11) is 1.24. The van der Waals surface area contributed by atoms with Gasteiger partial charge in [0, 0.05) is 6.42 Å². The Morgan fingerprint density at radius 3 is 2.50 bits per heavy atom. The molecule has 0 saturated carbocycles. The number of ether oxygens (including phenoxy) is 1. The van der Waals surface area contributed by atoms with Crippen molar-refractivity contribution in [2.75, 3.05) is 12.4 Å². The van der Waals surface area contributed by atoms with Crippen molar-refractivity contribution in [3.8, 4) is 0 Å². The molecule has 2 amide bonds. The van der Waals surface area contributed by atoms with Crippen molar-refractivity contribution in [3.05, 3.63) is 16.0 Å². The van der Waals surface area contributed by atoms with Gasteiger partial charge in [-0.25, -0.2) is 4.79 Å². The van der Waals surface area contributed by atoms with Gasteiger partial charge in [0.2, 0.25) is 5.91 Å². The number of carbonyl (C=O) groups is 3. The second-order valence-corrected chi connectivity index (χ2v) is 5.29. The summed E-state index contributed by atoms with van der Waals surface area (Å²) in [6, 6.07) is 0. The van der Waals surface area contributed by atoms with E-state index in [4.69, 9.17) is 5.73 Å². The number of amides is 2. The SMILES string of the molecule is CCCCC(=O)Nc1sc(C(N)=O)c(C)c1C(=O)OC. The Balaban J connectivity index is 3.11. The topological polar surface area (TPSA) is 98.5 Å². The predicted octanol–water partition coefficient (Wildman–Crippen LogP) is 2.07. The van der Waals surface area contributed by atoms with Crippen molar-refractivity contribution in [3.63, 3.8) is 0 Å². The molecule has 0 saturated heterocycles. The molecule has 3 N–H and O–H groups in total. The van der Waals surface area contributed by atoms with Gasteiger partial charge in [-0.15, -0.1) is 11.3 Å². The summed E-state index contributed by atoms with van der Waals surface area (Å²) in [6.45, 7) is 3.58. The molecule has 0 aliphatic rings. The first-order valence-electron chi connectivity index (χ1n) is 6.23. The molecule has 0 unspecified atom stereocenters. The average molecular weight is 298 g/mol. The van der Waals surface area contributed by atoms with E-state index < -0.39 is 11.9 Å². The molecule has 0 fully saturated rings. The molecule has 0 aromatic carbocycles. The number of unbranched alkanes of at least 4 members (excludes halogenated alkanes) is 1. The minimum absolute atomic E-state index is 0.191. The van der Waals surface area contributed by atoms with Crippen LogP contribution in [0.5, 0.6) is 0 Å². The number of rotatable bonds is 6. The van der Waals surface area contributed by atoms with Gasteiger partial charge < -0.3 is 15.8 Å². The lowest BCUT2D eigenvalue weighted by Gasteiger charge is -2.05. The molecule has 6 nitrogen and oxygen atoms in total. The van der Waals surface area contributed by atoms with Gasteiger partial charge in [0.25, 0.3) is 5.91 Å². The van der Waals surface area contributed by atoms with Crippen molar-refractivity contribution in [1.82, 2.24) is 0 Å². The van der Waals surface area contributed by atoms with Gasteiger partial charge >= 0.3 is 5.97 Å². The van der Waals surface area contributed by atoms with Crippen LogP contribution in [0.4, 0.5) is 5.00 Å². The van der Waals surface area contributed by atoms with Gasteiger partial charge in [-0.3, -0.25) is 9.59 Å². The van der Waals surface area contributed by atoms with E-state index in [0.717, 1.165) is 24.2 Å². The summed E-state index contributed by atoms with van der Waals surface area (Å²) in [5.74, 6) is -1.43. The average Bonchev–Trinajstić information content (AvgIpc) is 2.72. The number of primary amides is 1. The van der Waals surface area contributed by atoms with E-state index in [1.165, 1.54) is 7.11 Å². The third-order valence-electron chi connectivity index (χ3n) is 2.77. The molecule has 0 radical (unpaired) electrons. The fraction of sp³-hybridized carbons (Fsp3) is 0.462. The number of esters is 1. The largest absolute Gasteiger partial charge is 0.465 e. The van der Waals surface area contributed by atoms with Crippen LogP contribution >= 0.6 is 11.3 Å². The molecule has 110 valence electrons. The molecular formula is C13H18N2O4S. The first-order valence-corrected chi connectivity index (χ1v) is 7.05. The summed E-state index contributed by atoms with van der Waals surface area (Å²) in [5, 5.41) is 2.96. The minimum Gasteiger partial charge on any atom is -0.465 e. The molecular weight excluding hydrogens is 280 g/mol. The zero-order chi connectivity index (χ0) is 15.3. The number of anilines is 1. The van der Waals surface area contributed by atoms with E-state index in [1.54, 1.807) is 6.92 Å². The minimum atomic E-state index is -0.633. The first kappa shape index (κ1) is 16.2. The Morgan fingerprint density at radius 1 is 1.35 bits per heavy atom. The molecule has 0 aliphatic heterocycles. The Bertz CT molecular complexity index is 537. The highest BCUT2D eigenvalue weighted by atomic mass is 32.1. The lowest BCUT2D eigenvalue weighted by molar-refractivity contribution is -0.116. The Labute approximate surface area is 121 Å². The standard InChI is InChI=1S/C13H18N2O4S/c1-4-5-6-8(16)15-12-9(13(18)19-3)7(2)10(20-12)11(14)17/h4-6H2,1-3H3,(H2,14,17)(H,15,16). The molecule has 0 bridgehead atoms. The van der Waals surface area contributed by atoms with Crippen LogP contribution in [0.15, 0.2) is 0 Å². The second kappa shape index (κ2) is 7.04. The Morgan fingerprint density at radius 2 is 2.00 bits per heavy atom. The maximum atomic E-state index is 11.8. The fourth-order valence-corrected chi connectivity index (χ4v) is 2.77. The monoisotopic (exact) mass is 298 g/mol. The molecule has 1 aromatic rings. The van der Waals surface area contributed by atoms with Gasteiger partial charge in [-0.05, 0) is 18.9 Å². The maximum Gasteiger partial charge on any atom is 0.341 e. The summed E-state index contributed by atoms with van der Waals surface area (Å²) < 4.78 is 4.68. The van der Waals surface area contributed by atoms with Crippen molar-refractivity contribution < 1.29 is 19.1 Å². The number of hydrogen-bond acceptors (Lipinski definition) is 5. The van der Waals surface area contributed by atoms with Crippen molar-refractivity contribution in [1.29, 1.82) is 0 Å². The molecule has 1 heterocycles. The summed E-state index contributed by atoms with van der Waals surface area (Å²) in [5.41, 5.74) is 5.88. The number of nitrogens with two attached hydrogens (primary N) is 1. The van der Waals surface area contributed by atoms with E-state index in [-0.39, 0.29) is 16.3 Å². The number of nitrogens with one attached hydrogen (secondary N) is 1. The van der Waals surface area contributed by atoms with Gasteiger partial charge in [0.1, 0.15) is 5.00 Å². The van der Waals surface area contributed by atoms with Crippen LogP contribution in [0.2, 0.25) is 0 Å². The number of methoxy groups -OCH3 is 1. The summed E-state index contributed by atoms with van der Waals surface area (Å²) >= 11 is 0.992. The van der Waals surface area contributed by atoms with Crippen LogP contribution in [0, 0.1) is 6.92 Å². The lowest BCUT2D eigenvalue weighted by atomic mass is 10.1. The van der Waals surface area contributed by atoms with Crippen molar-refractivity contribution in [2.45, 2.75) is 33.1 Å². The van der Waals surface area contributed by atoms with Crippen LogP contribution in [0.3, 0.4) is 0 Å². The van der Waals surface area contributed by atoms with E-state index in [1.807, 2.05) is 6.92 Å². The molecule has 0 aliphatic carbocycles. The summed E-state index contributed by atoms with van der Waals surface area (Å²) in [6.07, 6.45) is 2.01. The molecule has 0 atom stereocenters. The third kappa shape index (κ3) is 3.57. The molecule has 0 spiro atoms. The van der Waals surface area contributed by atoms with Crippen LogP contribution in [-0.2, 0) is 9.53 Å². The van der Waals surface area contributed by atoms with Crippen LogP contribution < -0.4 is 11.1 Å². The highest BCUT2D eigenvalue weighted by Crippen LogP contribution is 2.33. The van der Waals surface area contributed by atoms with Crippen LogP contribution in [0.1, 0.15) is 51.8 Å². The molecule has 20 heavy (non-hydrogen) atoms. The third-order valence-corrected chi connectivity index (χ3v) is 3.99. The Kier molecular flexibility index (Phi) is 5.69. The number of hydrogen-bond donors (Lipinski definition) is 2. The number of carbonyl (C=O) groups excluding carboxylic acids is 3. The molecule has 1 rings (SSSR count). The van der Waals surface area contributed by atoms with E-state index >= 15 is 0 Å². The van der Waals surface area contributed by atoms with Crippen LogP contribution in [-0.4, -0.2) is 24.9 Å².